The van der Waals surface area contributed by atoms with Gasteiger partial charge >= 0.3 is 11.8 Å². The molecule has 12 heteroatoms. The molecule has 2 amide bonds. The van der Waals surface area contributed by atoms with E-state index in [-0.39, 0.29) is 24.3 Å². The summed E-state index contributed by atoms with van der Waals surface area (Å²) in [5.74, 6) is -4.40. The van der Waals surface area contributed by atoms with Crippen molar-refractivity contribution in [3.8, 4) is 6.07 Å². The number of aliphatic hydroxyl groups is 4. The van der Waals surface area contributed by atoms with Crippen LogP contribution in [0.3, 0.4) is 0 Å². The summed E-state index contributed by atoms with van der Waals surface area (Å²) in [6.07, 6.45) is -0.146. The van der Waals surface area contributed by atoms with E-state index in [0.29, 0.717) is 24.4 Å². The molecular weight excluding hydrogens is 384 g/mol. The lowest BCUT2D eigenvalue weighted by molar-refractivity contribution is -0.162. The largest absolute Gasteiger partial charge is 0.503 e. The number of hydrogen-bond acceptors (Lipinski definition) is 10. The zero-order chi connectivity index (χ0) is 21.9. The maximum absolute atomic E-state index is 11.9. The molecule has 160 valence electrons. The third kappa shape index (κ3) is 4.70. The van der Waals surface area contributed by atoms with Crippen molar-refractivity contribution in [3.63, 3.8) is 0 Å². The Hall–Kier alpha value is -3.01. The lowest BCUT2D eigenvalue weighted by Crippen LogP contribution is -2.56. The van der Waals surface area contributed by atoms with Gasteiger partial charge in [0.2, 0.25) is 11.7 Å². The number of rotatable bonds is 9. The molecular formula is C17H26N6O6. The van der Waals surface area contributed by atoms with E-state index in [2.05, 4.69) is 21.3 Å². The van der Waals surface area contributed by atoms with Crippen LogP contribution in [0.1, 0.15) is 20.3 Å². The summed E-state index contributed by atoms with van der Waals surface area (Å²) in [6.45, 7) is 3.88. The fraction of sp³-hybridized carbons (Fsp3) is 0.588. The summed E-state index contributed by atoms with van der Waals surface area (Å²) in [7, 11) is 1.74. The first-order chi connectivity index (χ1) is 13.5. The zero-order valence-corrected chi connectivity index (χ0v) is 16.4. The number of Topliss-reactive ketones (excluding diaryl/α,β-unsaturated/α-hetero) is 1. The molecule has 8 N–H and O–H groups in total. The van der Waals surface area contributed by atoms with Crippen molar-refractivity contribution in [2.24, 2.45) is 5.92 Å². The lowest BCUT2D eigenvalue weighted by atomic mass is 9.97. The van der Waals surface area contributed by atoms with Gasteiger partial charge in [-0.2, -0.15) is 5.26 Å². The fourth-order valence-electron chi connectivity index (χ4n) is 3.06. The van der Waals surface area contributed by atoms with Crippen molar-refractivity contribution in [2.75, 3.05) is 20.1 Å². The first-order valence-corrected chi connectivity index (χ1v) is 9.03. The van der Waals surface area contributed by atoms with Crippen LogP contribution >= 0.6 is 0 Å². The van der Waals surface area contributed by atoms with Gasteiger partial charge in [-0.25, -0.2) is 4.79 Å². The van der Waals surface area contributed by atoms with E-state index >= 15 is 0 Å². The van der Waals surface area contributed by atoms with Crippen LogP contribution in [0.15, 0.2) is 23.0 Å². The number of urea groups is 1. The number of nitrogens with one attached hydrogen (secondary N) is 4. The molecule has 0 fully saturated rings. The molecule has 0 aromatic rings. The van der Waals surface area contributed by atoms with Gasteiger partial charge in [-0.1, -0.05) is 6.92 Å². The predicted molar refractivity (Wildman–Crippen MR) is 99.6 cm³/mol. The number of hydrogen-bond donors (Lipinski definition) is 8. The number of nitrogens with zero attached hydrogens (tertiary/aromatic N) is 2. The highest BCUT2D eigenvalue weighted by Gasteiger charge is 2.39. The summed E-state index contributed by atoms with van der Waals surface area (Å²) in [5, 5.41) is 57.2. The number of nitriles is 1. The van der Waals surface area contributed by atoms with Crippen molar-refractivity contribution < 1.29 is 30.0 Å². The minimum atomic E-state index is -3.00. The second-order valence-electron chi connectivity index (χ2n) is 7.14. The summed E-state index contributed by atoms with van der Waals surface area (Å²) in [6, 6.07) is 0.518. The van der Waals surface area contributed by atoms with Crippen LogP contribution in [0.2, 0.25) is 0 Å². The Morgan fingerprint density at radius 1 is 1.34 bits per heavy atom. The Kier molecular flexibility index (Phi) is 6.58. The summed E-state index contributed by atoms with van der Waals surface area (Å²) < 4.78 is 0. The molecule has 12 nitrogen and oxygen atoms in total. The summed E-state index contributed by atoms with van der Waals surface area (Å²) in [5.41, 5.74) is 0.325. The highest BCUT2D eigenvalue weighted by Crippen LogP contribution is 2.28. The number of carbonyl (C=O) groups is 2. The Labute approximate surface area is 167 Å². The average molecular weight is 410 g/mol. The second-order valence-corrected chi connectivity index (χ2v) is 7.14. The number of fused-ring (bicyclic) bond motifs is 1. The molecule has 2 aliphatic heterocycles. The van der Waals surface area contributed by atoms with Gasteiger partial charge in [-0.3, -0.25) is 10.1 Å². The lowest BCUT2D eigenvalue weighted by Gasteiger charge is -2.37. The Bertz CT molecular complexity index is 786. The number of amides is 2. The topological polar surface area (TPSA) is 190 Å². The molecule has 0 saturated carbocycles. The van der Waals surface area contributed by atoms with Gasteiger partial charge in [0.25, 0.3) is 0 Å². The van der Waals surface area contributed by atoms with Crippen LogP contribution in [0, 0.1) is 17.2 Å². The molecule has 0 bridgehead atoms. The molecule has 2 rings (SSSR count). The molecule has 0 spiro atoms. The maximum atomic E-state index is 11.9. The average Bonchev–Trinajstić information content (AvgIpc) is 2.96. The van der Waals surface area contributed by atoms with Crippen LogP contribution in [0.5, 0.6) is 0 Å². The molecule has 2 aliphatic rings. The van der Waals surface area contributed by atoms with Crippen molar-refractivity contribution in [2.45, 2.75) is 38.3 Å². The molecule has 2 heterocycles. The van der Waals surface area contributed by atoms with E-state index in [1.54, 1.807) is 11.9 Å². The number of aliphatic hydroxyl groups excluding tert-OH is 2. The minimum absolute atomic E-state index is 0.0546. The van der Waals surface area contributed by atoms with Crippen LogP contribution in [0.4, 0.5) is 4.79 Å². The smallest absolute Gasteiger partial charge is 0.322 e. The normalized spacial score (nSPS) is 20.8. The number of carbonyl (C=O) groups excluding carboxylic acids is 2. The Morgan fingerprint density at radius 2 is 2.00 bits per heavy atom. The van der Waals surface area contributed by atoms with Crippen molar-refractivity contribution in [3.05, 3.63) is 23.0 Å². The predicted octanol–water partition coefficient (Wildman–Crippen LogP) is -1.57. The maximum Gasteiger partial charge on any atom is 0.322 e. The summed E-state index contributed by atoms with van der Waals surface area (Å²) >= 11 is 0. The van der Waals surface area contributed by atoms with Gasteiger partial charge in [0.15, 0.2) is 5.76 Å². The molecule has 0 saturated heterocycles. The van der Waals surface area contributed by atoms with E-state index in [4.69, 9.17) is 15.5 Å². The van der Waals surface area contributed by atoms with Crippen molar-refractivity contribution in [1.29, 1.82) is 5.26 Å². The number of ketones is 1. The van der Waals surface area contributed by atoms with E-state index in [1.165, 1.54) is 0 Å². The van der Waals surface area contributed by atoms with Crippen molar-refractivity contribution in [1.82, 2.24) is 26.2 Å². The van der Waals surface area contributed by atoms with E-state index in [9.17, 15) is 19.8 Å². The van der Waals surface area contributed by atoms with Gasteiger partial charge in [-0.05, 0) is 25.8 Å². The monoisotopic (exact) mass is 410 g/mol. The summed E-state index contributed by atoms with van der Waals surface area (Å²) in [4.78, 5) is 25.2. The SMILES string of the molecule is CC(CCNCC(=O)C(O)(O)C#N)C(C)N(C)C1=C2C(O)=C(O)NC2NC(=O)N1. The Morgan fingerprint density at radius 3 is 2.62 bits per heavy atom. The highest BCUT2D eigenvalue weighted by molar-refractivity contribution is 5.89. The molecule has 0 aromatic carbocycles. The Balaban J connectivity index is 1.97. The van der Waals surface area contributed by atoms with Gasteiger partial charge in [0, 0.05) is 13.1 Å². The molecule has 0 radical (unpaired) electrons. The molecule has 3 atom stereocenters. The first kappa shape index (κ1) is 22.3. The molecule has 0 aromatic heterocycles. The first-order valence-electron chi connectivity index (χ1n) is 9.03. The quantitative estimate of drug-likeness (QED) is 0.125. The van der Waals surface area contributed by atoms with E-state index in [1.807, 2.05) is 13.8 Å². The molecule has 29 heavy (non-hydrogen) atoms. The van der Waals surface area contributed by atoms with Gasteiger partial charge in [0.1, 0.15) is 18.1 Å². The zero-order valence-electron chi connectivity index (χ0n) is 16.4. The van der Waals surface area contributed by atoms with Gasteiger partial charge in [-0.15, -0.1) is 0 Å². The molecule has 0 aliphatic carbocycles. The second kappa shape index (κ2) is 8.56. The minimum Gasteiger partial charge on any atom is -0.503 e. The highest BCUT2D eigenvalue weighted by atomic mass is 16.5. The fourth-order valence-corrected chi connectivity index (χ4v) is 3.06. The van der Waals surface area contributed by atoms with Crippen LogP contribution < -0.4 is 21.3 Å². The molecule has 3 unspecified atom stereocenters. The van der Waals surface area contributed by atoms with Crippen LogP contribution in [-0.4, -0.2) is 75.3 Å². The van der Waals surface area contributed by atoms with Crippen molar-refractivity contribution >= 4 is 11.8 Å². The van der Waals surface area contributed by atoms with Gasteiger partial charge < -0.3 is 41.3 Å². The van der Waals surface area contributed by atoms with E-state index in [0.717, 1.165) is 6.07 Å². The standard InChI is InChI=1S/C17H26N6O6/c1-8(4-5-19-6-10(24)17(28,29)7-18)9(2)23(3)14-11-12(25)15(26)20-13(11)21-16(27)22-14/h8-9,13,19-20,25-26,28-29H,4-6H2,1-3H3,(H2,21,22,27). The third-order valence-corrected chi connectivity index (χ3v) is 5.21. The van der Waals surface area contributed by atoms with E-state index < -0.39 is 29.7 Å². The van der Waals surface area contributed by atoms with Crippen LogP contribution in [0.25, 0.3) is 0 Å². The van der Waals surface area contributed by atoms with Crippen LogP contribution in [-0.2, 0) is 4.79 Å². The van der Waals surface area contributed by atoms with Gasteiger partial charge in [0.05, 0.1) is 12.1 Å². The third-order valence-electron chi connectivity index (χ3n) is 5.21.